The first-order valence-corrected chi connectivity index (χ1v) is 7.72. The van der Waals surface area contributed by atoms with Crippen LogP contribution in [0.3, 0.4) is 0 Å². The molecule has 9 heteroatoms. The molecule has 8 unspecified atom stereocenters. The van der Waals surface area contributed by atoms with E-state index in [1.165, 1.54) is 12.3 Å². The van der Waals surface area contributed by atoms with E-state index in [4.69, 9.17) is 14.2 Å². The van der Waals surface area contributed by atoms with E-state index in [1.807, 2.05) is 0 Å². The van der Waals surface area contributed by atoms with E-state index >= 15 is 0 Å². The molecule has 0 radical (unpaired) electrons. The first-order chi connectivity index (χ1) is 11.4. The molecule has 0 spiro atoms. The number of hydrogen-bond donors (Lipinski definition) is 6. The molecule has 2 aliphatic heterocycles. The van der Waals surface area contributed by atoms with Gasteiger partial charge < -0.3 is 44.8 Å². The van der Waals surface area contributed by atoms with E-state index in [2.05, 4.69) is 0 Å². The van der Waals surface area contributed by atoms with Crippen molar-refractivity contribution >= 4 is 0 Å². The Hall–Kier alpha value is -1.04. The third kappa shape index (κ3) is 2.87. The summed E-state index contributed by atoms with van der Waals surface area (Å²) in [6, 6.07) is 0. The van der Waals surface area contributed by atoms with Crippen molar-refractivity contribution in [3.63, 3.8) is 0 Å². The minimum absolute atomic E-state index is 0.280. The van der Waals surface area contributed by atoms with Crippen LogP contribution in [0.5, 0.6) is 0 Å². The Balaban J connectivity index is 1.77. The van der Waals surface area contributed by atoms with Crippen LogP contribution in [0.2, 0.25) is 0 Å². The Kier molecular flexibility index (Phi) is 4.96. The van der Waals surface area contributed by atoms with E-state index < -0.39 is 55.1 Å². The molecule has 0 amide bonds. The number of aliphatic hydroxyl groups is 6. The van der Waals surface area contributed by atoms with Crippen molar-refractivity contribution in [3.8, 4) is 0 Å². The van der Waals surface area contributed by atoms with Gasteiger partial charge in [-0.3, -0.25) is 0 Å². The summed E-state index contributed by atoms with van der Waals surface area (Å²) in [5.74, 6) is -0.708. The standard InChI is InChI=1S/C15H22O9/c16-5-7-1-2-15(21)3-4-22-13(9(7)15)24-14-12(20)11(19)10(18)8(6-17)23-14/h1,3-4,8-14,16-21H,2,5-6H2. The molecule has 8 atom stereocenters. The third-order valence-corrected chi connectivity index (χ3v) is 4.77. The van der Waals surface area contributed by atoms with Gasteiger partial charge in [0.05, 0.1) is 25.4 Å². The second-order valence-electron chi connectivity index (χ2n) is 6.25. The monoisotopic (exact) mass is 346 g/mol. The van der Waals surface area contributed by atoms with E-state index in [1.54, 1.807) is 6.08 Å². The molecule has 3 aliphatic rings. The zero-order valence-corrected chi connectivity index (χ0v) is 12.8. The smallest absolute Gasteiger partial charge is 0.211 e. The number of aliphatic hydroxyl groups excluding tert-OH is 5. The molecular weight excluding hydrogens is 324 g/mol. The van der Waals surface area contributed by atoms with Gasteiger partial charge in [-0.15, -0.1) is 0 Å². The summed E-state index contributed by atoms with van der Waals surface area (Å²) in [7, 11) is 0. The van der Waals surface area contributed by atoms with Gasteiger partial charge in [0.25, 0.3) is 0 Å². The Bertz CT molecular complexity index is 519. The lowest BCUT2D eigenvalue weighted by atomic mass is 9.84. The highest BCUT2D eigenvalue weighted by Crippen LogP contribution is 2.43. The maximum Gasteiger partial charge on any atom is 0.211 e. The maximum absolute atomic E-state index is 10.6. The number of fused-ring (bicyclic) bond motifs is 1. The summed E-state index contributed by atoms with van der Waals surface area (Å²) in [5, 5.41) is 58.9. The van der Waals surface area contributed by atoms with Crippen LogP contribution >= 0.6 is 0 Å². The van der Waals surface area contributed by atoms with Gasteiger partial charge in [-0.05, 0) is 18.1 Å². The number of ether oxygens (including phenoxy) is 3. The van der Waals surface area contributed by atoms with E-state index in [-0.39, 0.29) is 13.0 Å². The van der Waals surface area contributed by atoms with Gasteiger partial charge in [-0.25, -0.2) is 0 Å². The topological polar surface area (TPSA) is 149 Å². The molecule has 1 fully saturated rings. The zero-order valence-electron chi connectivity index (χ0n) is 12.8. The lowest BCUT2D eigenvalue weighted by Crippen LogP contribution is -2.60. The SMILES string of the molecule is OCC1=CCC2(O)C=COC(OC3OC(CO)C(O)C(O)C3O)C12. The summed E-state index contributed by atoms with van der Waals surface area (Å²) in [5.41, 5.74) is -0.758. The van der Waals surface area contributed by atoms with Crippen LogP contribution in [0.15, 0.2) is 24.0 Å². The summed E-state index contributed by atoms with van der Waals surface area (Å²) >= 11 is 0. The molecule has 24 heavy (non-hydrogen) atoms. The lowest BCUT2D eigenvalue weighted by molar-refractivity contribution is -0.343. The molecule has 6 N–H and O–H groups in total. The predicted molar refractivity (Wildman–Crippen MR) is 77.1 cm³/mol. The first kappa shape index (κ1) is 17.8. The van der Waals surface area contributed by atoms with E-state index in [9.17, 15) is 30.6 Å². The second-order valence-corrected chi connectivity index (χ2v) is 6.25. The van der Waals surface area contributed by atoms with Crippen molar-refractivity contribution in [1.29, 1.82) is 0 Å². The van der Waals surface area contributed by atoms with Crippen LogP contribution in [0.4, 0.5) is 0 Å². The summed E-state index contributed by atoms with van der Waals surface area (Å²) in [4.78, 5) is 0. The average Bonchev–Trinajstić information content (AvgIpc) is 2.92. The molecule has 3 rings (SSSR count). The van der Waals surface area contributed by atoms with E-state index in [0.29, 0.717) is 5.57 Å². The van der Waals surface area contributed by atoms with Gasteiger partial charge in [-0.1, -0.05) is 6.08 Å². The average molecular weight is 346 g/mol. The second kappa shape index (κ2) is 6.70. The highest BCUT2D eigenvalue weighted by Gasteiger charge is 2.52. The molecule has 0 aromatic carbocycles. The van der Waals surface area contributed by atoms with Gasteiger partial charge in [-0.2, -0.15) is 0 Å². The lowest BCUT2D eigenvalue weighted by Gasteiger charge is -2.43. The van der Waals surface area contributed by atoms with Gasteiger partial charge in [0, 0.05) is 0 Å². The summed E-state index contributed by atoms with van der Waals surface area (Å²) in [6.45, 7) is -0.871. The van der Waals surface area contributed by atoms with Crippen molar-refractivity contribution in [2.75, 3.05) is 13.2 Å². The first-order valence-electron chi connectivity index (χ1n) is 7.72. The summed E-state index contributed by atoms with van der Waals surface area (Å²) in [6.07, 6.45) is -3.53. The minimum Gasteiger partial charge on any atom is -0.472 e. The van der Waals surface area contributed by atoms with Gasteiger partial charge in [0.2, 0.25) is 6.29 Å². The van der Waals surface area contributed by atoms with Crippen molar-refractivity contribution in [2.24, 2.45) is 5.92 Å². The molecule has 2 heterocycles. The van der Waals surface area contributed by atoms with Gasteiger partial charge in [0.15, 0.2) is 6.29 Å². The normalized spacial score (nSPS) is 47.9. The van der Waals surface area contributed by atoms with Crippen molar-refractivity contribution in [1.82, 2.24) is 0 Å². The Labute approximate surface area is 138 Å². The highest BCUT2D eigenvalue weighted by atomic mass is 16.8. The third-order valence-electron chi connectivity index (χ3n) is 4.77. The van der Waals surface area contributed by atoms with Crippen LogP contribution in [-0.2, 0) is 14.2 Å². The maximum atomic E-state index is 10.6. The number of rotatable bonds is 4. The van der Waals surface area contributed by atoms with Crippen LogP contribution in [-0.4, -0.2) is 86.4 Å². The predicted octanol–water partition coefficient (Wildman–Crippen LogP) is -2.66. The quantitative estimate of drug-likeness (QED) is 0.300. The molecule has 136 valence electrons. The fourth-order valence-electron chi connectivity index (χ4n) is 3.35. The molecular formula is C15H22O9. The van der Waals surface area contributed by atoms with Crippen LogP contribution in [0, 0.1) is 5.92 Å². The van der Waals surface area contributed by atoms with Crippen LogP contribution in [0.25, 0.3) is 0 Å². The summed E-state index contributed by atoms with van der Waals surface area (Å²) < 4.78 is 16.2. The molecule has 0 aromatic heterocycles. The fraction of sp³-hybridized carbons (Fsp3) is 0.733. The van der Waals surface area contributed by atoms with Crippen molar-refractivity contribution in [3.05, 3.63) is 24.0 Å². The molecule has 0 bridgehead atoms. The molecule has 1 aliphatic carbocycles. The Morgan fingerprint density at radius 1 is 1.12 bits per heavy atom. The molecule has 0 aromatic rings. The Morgan fingerprint density at radius 3 is 2.54 bits per heavy atom. The van der Waals surface area contributed by atoms with Gasteiger partial charge in [0.1, 0.15) is 30.0 Å². The largest absolute Gasteiger partial charge is 0.472 e. The van der Waals surface area contributed by atoms with Crippen LogP contribution in [0.1, 0.15) is 6.42 Å². The Morgan fingerprint density at radius 2 is 1.88 bits per heavy atom. The zero-order chi connectivity index (χ0) is 17.5. The van der Waals surface area contributed by atoms with Crippen LogP contribution < -0.4 is 0 Å². The number of hydrogen-bond acceptors (Lipinski definition) is 9. The van der Waals surface area contributed by atoms with Gasteiger partial charge >= 0.3 is 0 Å². The molecule has 1 saturated heterocycles. The fourth-order valence-corrected chi connectivity index (χ4v) is 3.35. The van der Waals surface area contributed by atoms with E-state index in [0.717, 1.165) is 0 Å². The minimum atomic E-state index is -1.58. The highest BCUT2D eigenvalue weighted by molar-refractivity contribution is 5.29. The van der Waals surface area contributed by atoms with Crippen molar-refractivity contribution in [2.45, 2.75) is 49.0 Å². The van der Waals surface area contributed by atoms with Crippen molar-refractivity contribution < 1.29 is 44.8 Å². The molecule has 0 saturated carbocycles. The molecule has 9 nitrogen and oxygen atoms in total.